The standard InChI is InChI=1S/C16H26N2O4/c1-2-10-17-15(22)16(8-4-3-5-9-16)18-13(19)11-6-7-12(11)14(20)21/h11-12H,2-10H2,1H3,(H,17,22)(H,18,19)(H,20,21). The number of carbonyl (C=O) groups excluding carboxylic acids is 2. The van der Waals surface area contributed by atoms with Crippen molar-refractivity contribution in [3.05, 3.63) is 0 Å². The third-order valence-electron chi connectivity index (χ3n) is 4.97. The summed E-state index contributed by atoms with van der Waals surface area (Å²) >= 11 is 0. The molecule has 0 spiro atoms. The van der Waals surface area contributed by atoms with Crippen molar-refractivity contribution in [1.29, 1.82) is 0 Å². The fourth-order valence-electron chi connectivity index (χ4n) is 3.41. The van der Waals surface area contributed by atoms with Crippen LogP contribution in [0.1, 0.15) is 58.3 Å². The third kappa shape index (κ3) is 3.42. The molecule has 2 aliphatic rings. The Morgan fingerprint density at radius 1 is 1.09 bits per heavy atom. The van der Waals surface area contributed by atoms with Gasteiger partial charge in [-0.3, -0.25) is 14.4 Å². The van der Waals surface area contributed by atoms with Crippen LogP contribution in [-0.2, 0) is 14.4 Å². The van der Waals surface area contributed by atoms with Crippen molar-refractivity contribution < 1.29 is 19.5 Å². The quantitative estimate of drug-likeness (QED) is 0.692. The first-order chi connectivity index (χ1) is 10.5. The van der Waals surface area contributed by atoms with Gasteiger partial charge in [0.25, 0.3) is 0 Å². The SMILES string of the molecule is CCCNC(=O)C1(NC(=O)C2CCC2C(=O)O)CCCCC1. The maximum absolute atomic E-state index is 12.5. The van der Waals surface area contributed by atoms with E-state index in [1.165, 1.54) is 0 Å². The predicted molar refractivity (Wildman–Crippen MR) is 81.1 cm³/mol. The van der Waals surface area contributed by atoms with Crippen LogP contribution in [0.4, 0.5) is 0 Å². The molecule has 2 amide bonds. The second-order valence-electron chi connectivity index (χ2n) is 6.52. The molecule has 0 aliphatic heterocycles. The van der Waals surface area contributed by atoms with Crippen LogP contribution in [0.15, 0.2) is 0 Å². The largest absolute Gasteiger partial charge is 0.481 e. The zero-order chi connectivity index (χ0) is 16.2. The molecule has 2 unspecified atom stereocenters. The summed E-state index contributed by atoms with van der Waals surface area (Å²) in [6, 6.07) is 0. The van der Waals surface area contributed by atoms with E-state index in [2.05, 4.69) is 10.6 Å². The minimum atomic E-state index is -0.917. The van der Waals surface area contributed by atoms with Crippen LogP contribution in [0.5, 0.6) is 0 Å². The highest BCUT2D eigenvalue weighted by Gasteiger charge is 2.46. The molecule has 0 bridgehead atoms. The van der Waals surface area contributed by atoms with Gasteiger partial charge in [0.1, 0.15) is 5.54 Å². The zero-order valence-electron chi connectivity index (χ0n) is 13.2. The highest BCUT2D eigenvalue weighted by Crippen LogP contribution is 2.36. The van der Waals surface area contributed by atoms with Gasteiger partial charge in [0.05, 0.1) is 11.8 Å². The zero-order valence-corrected chi connectivity index (χ0v) is 13.2. The molecule has 2 aliphatic carbocycles. The number of carboxylic acids is 1. The first-order valence-electron chi connectivity index (χ1n) is 8.33. The van der Waals surface area contributed by atoms with Gasteiger partial charge < -0.3 is 15.7 Å². The topological polar surface area (TPSA) is 95.5 Å². The lowest BCUT2D eigenvalue weighted by atomic mass is 9.72. The smallest absolute Gasteiger partial charge is 0.307 e. The summed E-state index contributed by atoms with van der Waals surface area (Å²) in [6.45, 7) is 2.58. The number of carbonyl (C=O) groups is 3. The van der Waals surface area contributed by atoms with Crippen LogP contribution >= 0.6 is 0 Å². The summed E-state index contributed by atoms with van der Waals surface area (Å²) in [6.07, 6.45) is 6.15. The van der Waals surface area contributed by atoms with Gasteiger partial charge in [-0.05, 0) is 32.1 Å². The monoisotopic (exact) mass is 310 g/mol. The van der Waals surface area contributed by atoms with Gasteiger partial charge in [0.15, 0.2) is 0 Å². The van der Waals surface area contributed by atoms with Crippen molar-refractivity contribution in [2.24, 2.45) is 11.8 Å². The molecule has 2 fully saturated rings. The molecule has 2 rings (SSSR count). The van der Waals surface area contributed by atoms with Crippen molar-refractivity contribution in [2.45, 2.75) is 63.8 Å². The molecule has 6 nitrogen and oxygen atoms in total. The van der Waals surface area contributed by atoms with E-state index in [0.29, 0.717) is 32.2 Å². The summed E-state index contributed by atoms with van der Waals surface area (Å²) in [5, 5.41) is 14.9. The van der Waals surface area contributed by atoms with E-state index in [1.54, 1.807) is 0 Å². The van der Waals surface area contributed by atoms with Crippen molar-refractivity contribution in [1.82, 2.24) is 10.6 Å². The van der Waals surface area contributed by atoms with Crippen LogP contribution in [0.3, 0.4) is 0 Å². The van der Waals surface area contributed by atoms with E-state index < -0.39 is 23.3 Å². The molecule has 6 heteroatoms. The minimum Gasteiger partial charge on any atom is -0.481 e. The van der Waals surface area contributed by atoms with Gasteiger partial charge in [-0.25, -0.2) is 0 Å². The lowest BCUT2D eigenvalue weighted by Gasteiger charge is -2.40. The average molecular weight is 310 g/mol. The number of aliphatic carboxylic acids is 1. The van der Waals surface area contributed by atoms with Crippen molar-refractivity contribution in [2.75, 3.05) is 6.54 Å². The van der Waals surface area contributed by atoms with Gasteiger partial charge in [-0.15, -0.1) is 0 Å². The number of hydrogen-bond acceptors (Lipinski definition) is 3. The van der Waals surface area contributed by atoms with Crippen LogP contribution in [0, 0.1) is 11.8 Å². The van der Waals surface area contributed by atoms with Gasteiger partial charge >= 0.3 is 5.97 Å². The Bertz CT molecular complexity index is 443. The Kier molecular flexibility index (Phi) is 5.42. The highest BCUT2D eigenvalue weighted by molar-refractivity contribution is 5.94. The van der Waals surface area contributed by atoms with E-state index in [9.17, 15) is 14.4 Å². The number of hydrogen-bond donors (Lipinski definition) is 3. The highest BCUT2D eigenvalue weighted by atomic mass is 16.4. The number of amides is 2. The molecule has 0 aromatic carbocycles. The summed E-state index contributed by atoms with van der Waals surface area (Å²) in [4.78, 5) is 36.0. The van der Waals surface area contributed by atoms with E-state index in [4.69, 9.17) is 5.11 Å². The third-order valence-corrected chi connectivity index (χ3v) is 4.97. The van der Waals surface area contributed by atoms with E-state index in [0.717, 1.165) is 25.7 Å². The Hall–Kier alpha value is -1.59. The fraction of sp³-hybridized carbons (Fsp3) is 0.812. The summed E-state index contributed by atoms with van der Waals surface area (Å²) in [5.74, 6) is -2.39. The van der Waals surface area contributed by atoms with Crippen LogP contribution < -0.4 is 10.6 Å². The molecule has 0 heterocycles. The van der Waals surface area contributed by atoms with Crippen molar-refractivity contribution >= 4 is 17.8 Å². The van der Waals surface area contributed by atoms with Crippen LogP contribution in [-0.4, -0.2) is 35.0 Å². The Morgan fingerprint density at radius 2 is 1.73 bits per heavy atom. The molecule has 0 aromatic rings. The molecule has 0 radical (unpaired) electrons. The van der Waals surface area contributed by atoms with Crippen molar-refractivity contribution in [3.63, 3.8) is 0 Å². The molecular formula is C16H26N2O4. The number of rotatable bonds is 6. The average Bonchev–Trinajstić information content (AvgIpc) is 2.43. The maximum atomic E-state index is 12.5. The molecule has 22 heavy (non-hydrogen) atoms. The van der Waals surface area contributed by atoms with Crippen LogP contribution in [0.2, 0.25) is 0 Å². The van der Waals surface area contributed by atoms with Gasteiger partial charge in [-0.1, -0.05) is 26.2 Å². The fourth-order valence-corrected chi connectivity index (χ4v) is 3.41. The number of nitrogens with one attached hydrogen (secondary N) is 2. The Balaban J connectivity index is 2.04. The minimum absolute atomic E-state index is 0.117. The van der Waals surface area contributed by atoms with Gasteiger partial charge in [0, 0.05) is 6.54 Å². The Labute approximate surface area is 131 Å². The summed E-state index contributed by atoms with van der Waals surface area (Å²) in [7, 11) is 0. The first kappa shape index (κ1) is 16.8. The van der Waals surface area contributed by atoms with Crippen LogP contribution in [0.25, 0.3) is 0 Å². The first-order valence-corrected chi connectivity index (χ1v) is 8.33. The second-order valence-corrected chi connectivity index (χ2v) is 6.52. The van der Waals surface area contributed by atoms with Gasteiger partial charge in [-0.2, -0.15) is 0 Å². The number of carboxylic acid groups (broad SMARTS) is 1. The normalized spacial score (nSPS) is 26.6. The molecular weight excluding hydrogens is 284 g/mol. The van der Waals surface area contributed by atoms with E-state index in [1.807, 2.05) is 6.92 Å². The predicted octanol–water partition coefficient (Wildman–Crippen LogP) is 1.44. The molecule has 0 aromatic heterocycles. The molecule has 124 valence electrons. The van der Waals surface area contributed by atoms with Crippen molar-refractivity contribution in [3.8, 4) is 0 Å². The van der Waals surface area contributed by atoms with E-state index in [-0.39, 0.29) is 11.8 Å². The van der Waals surface area contributed by atoms with E-state index >= 15 is 0 Å². The lowest BCUT2D eigenvalue weighted by Crippen LogP contribution is -2.62. The molecule has 3 N–H and O–H groups in total. The lowest BCUT2D eigenvalue weighted by molar-refractivity contribution is -0.154. The Morgan fingerprint density at radius 3 is 2.23 bits per heavy atom. The second kappa shape index (κ2) is 7.11. The maximum Gasteiger partial charge on any atom is 0.307 e. The summed E-state index contributed by atoms with van der Waals surface area (Å²) < 4.78 is 0. The molecule has 0 saturated heterocycles. The summed E-state index contributed by atoms with van der Waals surface area (Å²) in [5.41, 5.74) is -0.844. The molecule has 2 saturated carbocycles. The van der Waals surface area contributed by atoms with Gasteiger partial charge in [0.2, 0.25) is 11.8 Å². The molecule has 2 atom stereocenters.